The Morgan fingerprint density at radius 1 is 1.47 bits per heavy atom. The summed E-state index contributed by atoms with van der Waals surface area (Å²) in [6, 6.07) is 4.11. The van der Waals surface area contributed by atoms with Crippen molar-refractivity contribution in [3.63, 3.8) is 0 Å². The third-order valence-corrected chi connectivity index (χ3v) is 2.57. The van der Waals surface area contributed by atoms with Crippen molar-refractivity contribution in [3.8, 4) is 0 Å². The van der Waals surface area contributed by atoms with Gasteiger partial charge in [0.05, 0.1) is 0 Å². The molecule has 1 heterocycles. The van der Waals surface area contributed by atoms with Crippen LogP contribution in [0.25, 0.3) is 0 Å². The molecule has 0 aliphatic rings. The molecular weight excluding hydrogens is 186 g/mol. The molecule has 1 aromatic heterocycles. The Kier molecular flexibility index (Phi) is 4.72. The van der Waals surface area contributed by atoms with Gasteiger partial charge in [-0.05, 0) is 31.1 Å². The van der Waals surface area contributed by atoms with Gasteiger partial charge in [-0.1, -0.05) is 19.9 Å². The Bertz CT molecular complexity index is 269. The smallest absolute Gasteiger partial charge is 0.0305 e. The summed E-state index contributed by atoms with van der Waals surface area (Å²) in [4.78, 5) is 4.15. The second kappa shape index (κ2) is 5.83. The van der Waals surface area contributed by atoms with Crippen LogP contribution in [0.1, 0.15) is 25.8 Å². The number of pyridine rings is 1. The summed E-state index contributed by atoms with van der Waals surface area (Å²) in [5.41, 5.74) is 6.84. The van der Waals surface area contributed by atoms with Crippen molar-refractivity contribution in [1.82, 2.24) is 10.3 Å². The van der Waals surface area contributed by atoms with Gasteiger partial charge in [0.2, 0.25) is 0 Å². The number of nitrogens with two attached hydrogens (primary N) is 1. The zero-order valence-electron chi connectivity index (χ0n) is 9.66. The zero-order valence-corrected chi connectivity index (χ0v) is 9.66. The van der Waals surface area contributed by atoms with E-state index < -0.39 is 0 Å². The van der Waals surface area contributed by atoms with Crippen molar-refractivity contribution in [3.05, 3.63) is 30.1 Å². The molecule has 0 bridgehead atoms. The standard InChI is InChI=1S/C12H21N3/c1-12(2,10-15-8-4-6-13)11-5-3-7-14-9-11/h3,5,7,9,15H,4,6,8,10,13H2,1-2H3. The summed E-state index contributed by atoms with van der Waals surface area (Å²) in [5, 5.41) is 3.42. The van der Waals surface area contributed by atoms with E-state index in [1.54, 1.807) is 6.20 Å². The largest absolute Gasteiger partial charge is 0.330 e. The monoisotopic (exact) mass is 207 g/mol. The number of rotatable bonds is 6. The first kappa shape index (κ1) is 12.1. The van der Waals surface area contributed by atoms with E-state index in [4.69, 9.17) is 5.73 Å². The van der Waals surface area contributed by atoms with Gasteiger partial charge in [0.1, 0.15) is 0 Å². The van der Waals surface area contributed by atoms with Crippen LogP contribution >= 0.6 is 0 Å². The maximum atomic E-state index is 5.44. The Hall–Kier alpha value is -0.930. The quantitative estimate of drug-likeness (QED) is 0.691. The molecule has 1 aromatic rings. The van der Waals surface area contributed by atoms with Gasteiger partial charge in [-0.15, -0.1) is 0 Å². The summed E-state index contributed by atoms with van der Waals surface area (Å²) in [7, 11) is 0. The van der Waals surface area contributed by atoms with Crippen LogP contribution in [0.2, 0.25) is 0 Å². The normalized spacial score (nSPS) is 11.7. The van der Waals surface area contributed by atoms with Crippen molar-refractivity contribution >= 4 is 0 Å². The van der Waals surface area contributed by atoms with Crippen LogP contribution < -0.4 is 11.1 Å². The van der Waals surface area contributed by atoms with E-state index in [9.17, 15) is 0 Å². The first-order valence-electron chi connectivity index (χ1n) is 5.48. The van der Waals surface area contributed by atoms with Crippen LogP contribution in [0, 0.1) is 0 Å². The average Bonchev–Trinajstić information content (AvgIpc) is 2.26. The van der Waals surface area contributed by atoms with Crippen LogP contribution in [0.4, 0.5) is 0 Å². The predicted octanol–water partition coefficient (Wildman–Crippen LogP) is 1.30. The Morgan fingerprint density at radius 3 is 2.87 bits per heavy atom. The van der Waals surface area contributed by atoms with Gasteiger partial charge in [0.25, 0.3) is 0 Å². The minimum absolute atomic E-state index is 0.128. The minimum atomic E-state index is 0.128. The van der Waals surface area contributed by atoms with Crippen LogP contribution in [-0.4, -0.2) is 24.6 Å². The number of hydrogen-bond donors (Lipinski definition) is 2. The molecular formula is C12H21N3. The Morgan fingerprint density at radius 2 is 2.27 bits per heavy atom. The highest BCUT2D eigenvalue weighted by Gasteiger charge is 2.19. The average molecular weight is 207 g/mol. The van der Waals surface area contributed by atoms with Crippen LogP contribution in [0.5, 0.6) is 0 Å². The SMILES string of the molecule is CC(C)(CNCCCN)c1cccnc1. The molecule has 0 saturated heterocycles. The molecule has 0 atom stereocenters. The third-order valence-electron chi connectivity index (χ3n) is 2.57. The van der Waals surface area contributed by atoms with E-state index in [1.165, 1.54) is 5.56 Å². The molecule has 15 heavy (non-hydrogen) atoms. The van der Waals surface area contributed by atoms with Crippen molar-refractivity contribution < 1.29 is 0 Å². The molecule has 0 spiro atoms. The van der Waals surface area contributed by atoms with Crippen molar-refractivity contribution in [1.29, 1.82) is 0 Å². The lowest BCUT2D eigenvalue weighted by molar-refractivity contribution is 0.466. The van der Waals surface area contributed by atoms with Gasteiger partial charge in [0, 0.05) is 24.4 Å². The van der Waals surface area contributed by atoms with Gasteiger partial charge in [-0.25, -0.2) is 0 Å². The highest BCUT2D eigenvalue weighted by molar-refractivity contribution is 5.19. The highest BCUT2D eigenvalue weighted by Crippen LogP contribution is 2.20. The number of nitrogens with one attached hydrogen (secondary N) is 1. The van der Waals surface area contributed by atoms with Gasteiger partial charge in [0.15, 0.2) is 0 Å². The topological polar surface area (TPSA) is 50.9 Å². The van der Waals surface area contributed by atoms with Crippen molar-refractivity contribution in [2.45, 2.75) is 25.7 Å². The van der Waals surface area contributed by atoms with Crippen LogP contribution in [0.15, 0.2) is 24.5 Å². The van der Waals surface area contributed by atoms with E-state index in [1.807, 2.05) is 12.3 Å². The molecule has 0 unspecified atom stereocenters. The van der Waals surface area contributed by atoms with Gasteiger partial charge in [-0.2, -0.15) is 0 Å². The molecule has 3 heteroatoms. The lowest BCUT2D eigenvalue weighted by atomic mass is 9.86. The first-order chi connectivity index (χ1) is 7.17. The van der Waals surface area contributed by atoms with E-state index in [0.717, 1.165) is 26.1 Å². The molecule has 0 saturated carbocycles. The molecule has 0 amide bonds. The van der Waals surface area contributed by atoms with E-state index >= 15 is 0 Å². The van der Waals surface area contributed by atoms with E-state index in [0.29, 0.717) is 0 Å². The summed E-state index contributed by atoms with van der Waals surface area (Å²) in [5.74, 6) is 0. The fourth-order valence-electron chi connectivity index (χ4n) is 1.49. The highest BCUT2D eigenvalue weighted by atomic mass is 14.9. The summed E-state index contributed by atoms with van der Waals surface area (Å²) >= 11 is 0. The molecule has 0 aliphatic carbocycles. The van der Waals surface area contributed by atoms with Gasteiger partial charge < -0.3 is 11.1 Å². The molecule has 0 aliphatic heterocycles. The zero-order chi connectivity index (χ0) is 11.1. The number of aromatic nitrogens is 1. The second-order valence-electron chi connectivity index (χ2n) is 4.44. The number of nitrogens with zero attached hydrogens (tertiary/aromatic N) is 1. The number of hydrogen-bond acceptors (Lipinski definition) is 3. The fourth-order valence-corrected chi connectivity index (χ4v) is 1.49. The van der Waals surface area contributed by atoms with Gasteiger partial charge in [-0.3, -0.25) is 4.98 Å². The maximum Gasteiger partial charge on any atom is 0.0305 e. The maximum absolute atomic E-state index is 5.44. The Balaban J connectivity index is 2.45. The molecule has 3 nitrogen and oxygen atoms in total. The first-order valence-corrected chi connectivity index (χ1v) is 5.48. The molecule has 84 valence electrons. The third kappa shape index (κ3) is 3.98. The lowest BCUT2D eigenvalue weighted by Gasteiger charge is -2.25. The van der Waals surface area contributed by atoms with E-state index in [-0.39, 0.29) is 5.41 Å². The molecule has 0 aromatic carbocycles. The summed E-state index contributed by atoms with van der Waals surface area (Å²) in [6.07, 6.45) is 4.77. The molecule has 3 N–H and O–H groups in total. The van der Waals surface area contributed by atoms with Gasteiger partial charge >= 0.3 is 0 Å². The summed E-state index contributed by atoms with van der Waals surface area (Å²) < 4.78 is 0. The fraction of sp³-hybridized carbons (Fsp3) is 0.583. The lowest BCUT2D eigenvalue weighted by Crippen LogP contribution is -2.34. The van der Waals surface area contributed by atoms with E-state index in [2.05, 4.69) is 30.2 Å². The molecule has 0 fully saturated rings. The minimum Gasteiger partial charge on any atom is -0.330 e. The molecule has 0 radical (unpaired) electrons. The molecule has 1 rings (SSSR count). The summed E-state index contributed by atoms with van der Waals surface area (Å²) in [6.45, 7) is 7.14. The second-order valence-corrected chi connectivity index (χ2v) is 4.44. The predicted molar refractivity (Wildman–Crippen MR) is 63.8 cm³/mol. The van der Waals surface area contributed by atoms with Crippen molar-refractivity contribution in [2.75, 3.05) is 19.6 Å². The van der Waals surface area contributed by atoms with Crippen LogP contribution in [0.3, 0.4) is 0 Å². The Labute approximate surface area is 92.1 Å². The van der Waals surface area contributed by atoms with Crippen molar-refractivity contribution in [2.24, 2.45) is 5.73 Å². The van der Waals surface area contributed by atoms with Crippen LogP contribution in [-0.2, 0) is 5.41 Å².